The van der Waals surface area contributed by atoms with Crippen LogP contribution < -0.4 is 10.6 Å². The molecule has 0 unspecified atom stereocenters. The fraction of sp³-hybridized carbons (Fsp3) is 0.176. The SMILES string of the molecule is CCc1nc2ccc(Cl)cn2c1C(=O)Nc1cccnc1NC(C)=O. The van der Waals surface area contributed by atoms with Crippen LogP contribution in [0.15, 0.2) is 36.7 Å². The number of aromatic nitrogens is 3. The Kier molecular flexibility index (Phi) is 4.67. The van der Waals surface area contributed by atoms with E-state index < -0.39 is 0 Å². The molecule has 0 atom stereocenters. The fourth-order valence-corrected chi connectivity index (χ4v) is 2.67. The van der Waals surface area contributed by atoms with E-state index in [1.54, 1.807) is 34.9 Å². The van der Waals surface area contributed by atoms with Crippen molar-refractivity contribution in [2.45, 2.75) is 20.3 Å². The molecule has 0 radical (unpaired) electrons. The lowest BCUT2D eigenvalue weighted by Crippen LogP contribution is -2.18. The summed E-state index contributed by atoms with van der Waals surface area (Å²) in [6.07, 6.45) is 3.77. The lowest BCUT2D eigenvalue weighted by atomic mass is 10.2. The Morgan fingerprint density at radius 2 is 2.04 bits per heavy atom. The van der Waals surface area contributed by atoms with Crippen molar-refractivity contribution in [3.05, 3.63) is 53.1 Å². The van der Waals surface area contributed by atoms with Crippen LogP contribution in [0.5, 0.6) is 0 Å². The monoisotopic (exact) mass is 357 g/mol. The first kappa shape index (κ1) is 16.9. The van der Waals surface area contributed by atoms with Crippen LogP contribution >= 0.6 is 11.6 Å². The summed E-state index contributed by atoms with van der Waals surface area (Å²) in [6.45, 7) is 3.30. The Labute approximate surface area is 149 Å². The van der Waals surface area contributed by atoms with Gasteiger partial charge in [0.2, 0.25) is 5.91 Å². The average Bonchev–Trinajstić information content (AvgIpc) is 2.94. The van der Waals surface area contributed by atoms with E-state index in [2.05, 4.69) is 20.6 Å². The summed E-state index contributed by atoms with van der Waals surface area (Å²) in [6, 6.07) is 6.82. The third kappa shape index (κ3) is 3.46. The summed E-state index contributed by atoms with van der Waals surface area (Å²) in [4.78, 5) is 32.7. The minimum absolute atomic E-state index is 0.273. The largest absolute Gasteiger partial charge is 0.317 e. The molecule has 3 aromatic rings. The van der Waals surface area contributed by atoms with Crippen molar-refractivity contribution in [3.63, 3.8) is 0 Å². The number of anilines is 2. The molecule has 3 aromatic heterocycles. The summed E-state index contributed by atoms with van der Waals surface area (Å²) in [5, 5.41) is 5.88. The molecule has 0 bridgehead atoms. The highest BCUT2D eigenvalue weighted by Crippen LogP contribution is 2.22. The lowest BCUT2D eigenvalue weighted by Gasteiger charge is -2.11. The maximum absolute atomic E-state index is 12.9. The van der Waals surface area contributed by atoms with Crippen molar-refractivity contribution < 1.29 is 9.59 Å². The zero-order valence-corrected chi connectivity index (χ0v) is 14.5. The van der Waals surface area contributed by atoms with Crippen LogP contribution in [0.3, 0.4) is 0 Å². The molecule has 128 valence electrons. The van der Waals surface area contributed by atoms with Gasteiger partial charge in [-0.05, 0) is 30.7 Å². The maximum atomic E-state index is 12.9. The Balaban J connectivity index is 2.01. The highest BCUT2D eigenvalue weighted by molar-refractivity contribution is 6.30. The molecule has 25 heavy (non-hydrogen) atoms. The van der Waals surface area contributed by atoms with E-state index in [0.717, 1.165) is 0 Å². The van der Waals surface area contributed by atoms with Gasteiger partial charge in [0.15, 0.2) is 5.82 Å². The number of aryl methyl sites for hydroxylation is 1. The molecule has 0 fully saturated rings. The topological polar surface area (TPSA) is 88.4 Å². The summed E-state index contributed by atoms with van der Waals surface area (Å²) in [5.41, 5.74) is 2.10. The molecule has 0 aliphatic heterocycles. The Morgan fingerprint density at radius 1 is 1.24 bits per heavy atom. The number of amides is 2. The van der Waals surface area contributed by atoms with E-state index in [1.807, 2.05) is 6.92 Å². The van der Waals surface area contributed by atoms with Crippen LogP contribution in [-0.2, 0) is 11.2 Å². The van der Waals surface area contributed by atoms with E-state index in [0.29, 0.717) is 34.2 Å². The summed E-state index contributed by atoms with van der Waals surface area (Å²) < 4.78 is 1.66. The van der Waals surface area contributed by atoms with E-state index in [-0.39, 0.29) is 17.6 Å². The third-order valence-corrected chi connectivity index (χ3v) is 3.78. The van der Waals surface area contributed by atoms with Crippen LogP contribution in [0.2, 0.25) is 5.02 Å². The molecule has 8 heteroatoms. The number of hydrogen-bond acceptors (Lipinski definition) is 4. The van der Waals surface area contributed by atoms with Gasteiger partial charge in [0.05, 0.1) is 16.4 Å². The first-order chi connectivity index (χ1) is 12.0. The molecule has 3 heterocycles. The highest BCUT2D eigenvalue weighted by atomic mass is 35.5. The maximum Gasteiger partial charge on any atom is 0.274 e. The summed E-state index contributed by atoms with van der Waals surface area (Å²) >= 11 is 6.05. The molecule has 3 rings (SSSR count). The summed E-state index contributed by atoms with van der Waals surface area (Å²) in [5.74, 6) is -0.343. The first-order valence-electron chi connectivity index (χ1n) is 7.70. The van der Waals surface area contributed by atoms with E-state index in [9.17, 15) is 9.59 Å². The van der Waals surface area contributed by atoms with Gasteiger partial charge < -0.3 is 10.6 Å². The lowest BCUT2D eigenvalue weighted by molar-refractivity contribution is -0.114. The van der Waals surface area contributed by atoms with Crippen molar-refractivity contribution in [1.29, 1.82) is 0 Å². The van der Waals surface area contributed by atoms with Crippen LogP contribution in [0.1, 0.15) is 30.0 Å². The molecule has 2 N–H and O–H groups in total. The van der Waals surface area contributed by atoms with Gasteiger partial charge in [-0.1, -0.05) is 18.5 Å². The second-order valence-corrected chi connectivity index (χ2v) is 5.81. The van der Waals surface area contributed by atoms with Crippen LogP contribution in [-0.4, -0.2) is 26.2 Å². The van der Waals surface area contributed by atoms with E-state index in [4.69, 9.17) is 11.6 Å². The number of imidazole rings is 1. The van der Waals surface area contributed by atoms with Crippen molar-refractivity contribution in [2.24, 2.45) is 0 Å². The highest BCUT2D eigenvalue weighted by Gasteiger charge is 2.20. The molecular formula is C17H16ClN5O2. The first-order valence-corrected chi connectivity index (χ1v) is 8.07. The van der Waals surface area contributed by atoms with Crippen LogP contribution in [0, 0.1) is 0 Å². The van der Waals surface area contributed by atoms with Crippen LogP contribution in [0.4, 0.5) is 11.5 Å². The fourth-order valence-electron chi connectivity index (χ4n) is 2.51. The number of pyridine rings is 2. The minimum atomic E-state index is -0.355. The quantitative estimate of drug-likeness (QED) is 0.750. The number of hydrogen-bond donors (Lipinski definition) is 2. The number of nitrogens with one attached hydrogen (secondary N) is 2. The number of fused-ring (bicyclic) bond motifs is 1. The molecular weight excluding hydrogens is 342 g/mol. The third-order valence-electron chi connectivity index (χ3n) is 3.55. The van der Waals surface area contributed by atoms with Gasteiger partial charge in [0, 0.05) is 19.3 Å². The van der Waals surface area contributed by atoms with Crippen molar-refractivity contribution >= 4 is 40.6 Å². The van der Waals surface area contributed by atoms with Gasteiger partial charge in [-0.25, -0.2) is 9.97 Å². The molecule has 0 aliphatic rings. The predicted octanol–water partition coefficient (Wildman–Crippen LogP) is 3.16. The zero-order chi connectivity index (χ0) is 18.0. The predicted molar refractivity (Wildman–Crippen MR) is 96.1 cm³/mol. The molecule has 0 spiro atoms. The number of carbonyl (C=O) groups is 2. The second kappa shape index (κ2) is 6.90. The Morgan fingerprint density at radius 3 is 2.76 bits per heavy atom. The minimum Gasteiger partial charge on any atom is -0.317 e. The van der Waals surface area contributed by atoms with Gasteiger partial charge >= 0.3 is 0 Å². The zero-order valence-electron chi connectivity index (χ0n) is 13.7. The molecule has 2 amide bonds. The number of rotatable bonds is 4. The van der Waals surface area contributed by atoms with Gasteiger partial charge in [-0.2, -0.15) is 0 Å². The van der Waals surface area contributed by atoms with Crippen molar-refractivity contribution in [2.75, 3.05) is 10.6 Å². The van der Waals surface area contributed by atoms with Gasteiger partial charge in [0.25, 0.3) is 5.91 Å². The summed E-state index contributed by atoms with van der Waals surface area (Å²) in [7, 11) is 0. The molecule has 0 saturated carbocycles. The second-order valence-electron chi connectivity index (χ2n) is 5.37. The molecule has 0 saturated heterocycles. The van der Waals surface area contributed by atoms with Crippen LogP contribution in [0.25, 0.3) is 5.65 Å². The van der Waals surface area contributed by atoms with Gasteiger partial charge in [-0.15, -0.1) is 0 Å². The smallest absolute Gasteiger partial charge is 0.274 e. The van der Waals surface area contributed by atoms with E-state index >= 15 is 0 Å². The molecule has 7 nitrogen and oxygen atoms in total. The Bertz CT molecular complexity index is 967. The number of nitrogens with zero attached hydrogens (tertiary/aromatic N) is 3. The van der Waals surface area contributed by atoms with Crippen molar-refractivity contribution in [3.8, 4) is 0 Å². The molecule has 0 aromatic carbocycles. The standard InChI is InChI=1S/C17H16ClN5O2/c1-3-12-15(23-9-11(18)6-7-14(23)21-12)17(25)22-13-5-4-8-19-16(13)20-10(2)24/h4-9H,3H2,1-2H3,(H,22,25)(H,19,20,24). The Hall–Kier alpha value is -2.93. The van der Waals surface area contributed by atoms with Gasteiger partial charge in [0.1, 0.15) is 11.3 Å². The van der Waals surface area contributed by atoms with Gasteiger partial charge in [-0.3, -0.25) is 14.0 Å². The van der Waals surface area contributed by atoms with E-state index in [1.165, 1.54) is 13.1 Å². The normalized spacial score (nSPS) is 10.7. The average molecular weight is 358 g/mol. The number of halogens is 1. The van der Waals surface area contributed by atoms with Crippen molar-refractivity contribution in [1.82, 2.24) is 14.4 Å². The number of carbonyl (C=O) groups excluding carboxylic acids is 2. The molecule has 0 aliphatic carbocycles.